The highest BCUT2D eigenvalue weighted by Crippen LogP contribution is 2.30. The first-order valence-corrected chi connectivity index (χ1v) is 8.92. The highest BCUT2D eigenvalue weighted by atomic mass is 32.2. The largest absolute Gasteiger partial charge is 0.494 e. The lowest BCUT2D eigenvalue weighted by Gasteiger charge is -2.20. The van der Waals surface area contributed by atoms with Crippen LogP contribution in [0.25, 0.3) is 0 Å². The fourth-order valence-electron chi connectivity index (χ4n) is 2.51. The maximum absolute atomic E-state index is 5.64. The summed E-state index contributed by atoms with van der Waals surface area (Å²) in [7, 11) is 2.03. The van der Waals surface area contributed by atoms with Crippen LogP contribution in [-0.2, 0) is 4.74 Å². The number of nitrogens with one attached hydrogen (secondary N) is 1. The molecule has 1 aliphatic heterocycles. The van der Waals surface area contributed by atoms with E-state index in [4.69, 9.17) is 9.47 Å². The predicted octanol–water partition coefficient (Wildman–Crippen LogP) is 3.65. The first kappa shape index (κ1) is 16.7. The molecular weight excluding hydrogens is 282 g/mol. The van der Waals surface area contributed by atoms with Gasteiger partial charge in [-0.25, -0.2) is 0 Å². The molecule has 2 rings (SSSR count). The van der Waals surface area contributed by atoms with Crippen molar-refractivity contribution in [1.29, 1.82) is 0 Å². The molecule has 1 aliphatic rings. The molecule has 1 fully saturated rings. The number of ether oxygens (including phenoxy) is 2. The lowest BCUT2D eigenvalue weighted by Crippen LogP contribution is -2.22. The average Bonchev–Trinajstić information content (AvgIpc) is 2.92. The van der Waals surface area contributed by atoms with E-state index in [-0.39, 0.29) is 0 Å². The van der Waals surface area contributed by atoms with Crippen LogP contribution in [0.5, 0.6) is 5.75 Å². The molecule has 0 radical (unpaired) electrons. The fourth-order valence-corrected chi connectivity index (χ4v) is 3.92. The van der Waals surface area contributed by atoms with E-state index in [9.17, 15) is 0 Å². The average molecular weight is 309 g/mol. The van der Waals surface area contributed by atoms with Crippen LogP contribution in [0.1, 0.15) is 38.3 Å². The number of hydrogen-bond donors (Lipinski definition) is 1. The van der Waals surface area contributed by atoms with Crippen molar-refractivity contribution in [2.75, 3.05) is 26.0 Å². The lowest BCUT2D eigenvalue weighted by atomic mass is 10.1. The molecule has 0 bridgehead atoms. The van der Waals surface area contributed by atoms with E-state index >= 15 is 0 Å². The zero-order chi connectivity index (χ0) is 15.1. The van der Waals surface area contributed by atoms with E-state index in [0.29, 0.717) is 17.4 Å². The molecule has 3 nitrogen and oxygen atoms in total. The van der Waals surface area contributed by atoms with E-state index in [2.05, 4.69) is 43.4 Å². The molecule has 4 heteroatoms. The molecule has 1 N–H and O–H groups in total. The fraction of sp³-hybridized carbons (Fsp3) is 0.647. The summed E-state index contributed by atoms with van der Waals surface area (Å²) < 4.78 is 11.3. The van der Waals surface area contributed by atoms with E-state index < -0.39 is 0 Å². The first-order chi connectivity index (χ1) is 10.2. The third kappa shape index (κ3) is 4.90. The van der Waals surface area contributed by atoms with Gasteiger partial charge < -0.3 is 14.8 Å². The zero-order valence-electron chi connectivity index (χ0n) is 13.3. The van der Waals surface area contributed by atoms with Gasteiger partial charge in [0, 0.05) is 23.7 Å². The van der Waals surface area contributed by atoms with E-state index in [0.717, 1.165) is 31.1 Å². The Bertz CT molecular complexity index is 410. The van der Waals surface area contributed by atoms with Gasteiger partial charge in [-0.05, 0) is 44.5 Å². The summed E-state index contributed by atoms with van der Waals surface area (Å²) >= 11 is 2.02. The molecule has 0 spiro atoms. The van der Waals surface area contributed by atoms with Crippen LogP contribution in [0.4, 0.5) is 0 Å². The summed E-state index contributed by atoms with van der Waals surface area (Å²) in [6.07, 6.45) is 2.60. The van der Waals surface area contributed by atoms with Gasteiger partial charge in [-0.15, -0.1) is 0 Å². The van der Waals surface area contributed by atoms with Crippen molar-refractivity contribution < 1.29 is 9.47 Å². The van der Waals surface area contributed by atoms with Gasteiger partial charge in [0.25, 0.3) is 0 Å². The Labute approximate surface area is 132 Å². The molecule has 0 amide bonds. The smallest absolute Gasteiger partial charge is 0.119 e. The molecular formula is C17H27NO2S. The quantitative estimate of drug-likeness (QED) is 0.794. The van der Waals surface area contributed by atoms with Crippen LogP contribution in [-0.4, -0.2) is 37.4 Å². The van der Waals surface area contributed by atoms with Crippen molar-refractivity contribution in [2.45, 2.75) is 44.1 Å². The second-order valence-electron chi connectivity index (χ2n) is 5.50. The summed E-state index contributed by atoms with van der Waals surface area (Å²) in [6.45, 7) is 5.99. The Morgan fingerprint density at radius 1 is 1.38 bits per heavy atom. The summed E-state index contributed by atoms with van der Waals surface area (Å²) in [5.74, 6) is 2.03. The predicted molar refractivity (Wildman–Crippen MR) is 90.3 cm³/mol. The van der Waals surface area contributed by atoms with Gasteiger partial charge in [-0.1, -0.05) is 19.1 Å². The molecule has 0 aliphatic carbocycles. The van der Waals surface area contributed by atoms with Crippen LogP contribution < -0.4 is 10.1 Å². The second-order valence-corrected chi connectivity index (χ2v) is 6.77. The Balaban J connectivity index is 1.87. The molecule has 1 saturated heterocycles. The zero-order valence-corrected chi connectivity index (χ0v) is 14.1. The summed E-state index contributed by atoms with van der Waals surface area (Å²) in [6, 6.07) is 8.86. The SMILES string of the molecule is CCCOc1ccc(C(CSC2CCOC2C)NC)cc1. The normalized spacial score (nSPS) is 23.2. The van der Waals surface area contributed by atoms with Gasteiger partial charge in [0.1, 0.15) is 5.75 Å². The van der Waals surface area contributed by atoms with Crippen molar-refractivity contribution in [3.05, 3.63) is 29.8 Å². The van der Waals surface area contributed by atoms with Gasteiger partial charge in [0.05, 0.1) is 12.7 Å². The van der Waals surface area contributed by atoms with Gasteiger partial charge in [-0.2, -0.15) is 11.8 Å². The van der Waals surface area contributed by atoms with Crippen LogP contribution in [0.15, 0.2) is 24.3 Å². The van der Waals surface area contributed by atoms with Crippen LogP contribution in [0, 0.1) is 0 Å². The third-order valence-electron chi connectivity index (χ3n) is 3.89. The number of thioether (sulfide) groups is 1. The Hall–Kier alpha value is -0.710. The molecule has 1 aromatic rings. The van der Waals surface area contributed by atoms with Crippen LogP contribution >= 0.6 is 11.8 Å². The molecule has 3 atom stereocenters. The first-order valence-electron chi connectivity index (χ1n) is 7.87. The van der Waals surface area contributed by atoms with Crippen molar-refractivity contribution in [2.24, 2.45) is 0 Å². The maximum Gasteiger partial charge on any atom is 0.119 e. The highest BCUT2D eigenvalue weighted by Gasteiger charge is 2.25. The monoisotopic (exact) mass is 309 g/mol. The summed E-state index contributed by atoms with van der Waals surface area (Å²) in [4.78, 5) is 0. The topological polar surface area (TPSA) is 30.5 Å². The molecule has 3 unspecified atom stereocenters. The molecule has 0 saturated carbocycles. The Morgan fingerprint density at radius 3 is 2.71 bits per heavy atom. The van der Waals surface area contributed by atoms with Gasteiger partial charge in [0.2, 0.25) is 0 Å². The van der Waals surface area contributed by atoms with Crippen LogP contribution in [0.3, 0.4) is 0 Å². The summed E-state index contributed by atoms with van der Waals surface area (Å²) in [5.41, 5.74) is 1.32. The van der Waals surface area contributed by atoms with E-state index in [1.165, 1.54) is 12.0 Å². The van der Waals surface area contributed by atoms with Gasteiger partial charge >= 0.3 is 0 Å². The minimum Gasteiger partial charge on any atom is -0.494 e. The van der Waals surface area contributed by atoms with Gasteiger partial charge in [0.15, 0.2) is 0 Å². The molecule has 1 heterocycles. The lowest BCUT2D eigenvalue weighted by molar-refractivity contribution is 0.127. The van der Waals surface area contributed by atoms with Crippen molar-refractivity contribution in [3.63, 3.8) is 0 Å². The number of benzene rings is 1. The molecule has 0 aromatic heterocycles. The maximum atomic E-state index is 5.64. The molecule has 21 heavy (non-hydrogen) atoms. The van der Waals surface area contributed by atoms with Crippen LogP contribution in [0.2, 0.25) is 0 Å². The van der Waals surface area contributed by atoms with E-state index in [1.54, 1.807) is 0 Å². The minimum absolute atomic E-state index is 0.378. The highest BCUT2D eigenvalue weighted by molar-refractivity contribution is 8.00. The molecule has 118 valence electrons. The van der Waals surface area contributed by atoms with Crippen molar-refractivity contribution in [1.82, 2.24) is 5.32 Å². The standard InChI is InChI=1S/C17H27NO2S/c1-4-10-20-15-7-5-14(6-8-15)16(18-3)12-21-17-9-11-19-13(17)2/h5-8,13,16-18H,4,9-12H2,1-3H3. The number of hydrogen-bond acceptors (Lipinski definition) is 4. The third-order valence-corrected chi connectivity index (χ3v) is 5.46. The van der Waals surface area contributed by atoms with E-state index in [1.807, 2.05) is 18.8 Å². The van der Waals surface area contributed by atoms with Crippen molar-refractivity contribution >= 4 is 11.8 Å². The molecule has 1 aromatic carbocycles. The minimum atomic E-state index is 0.378. The number of rotatable bonds is 8. The van der Waals surface area contributed by atoms with Gasteiger partial charge in [-0.3, -0.25) is 0 Å². The Morgan fingerprint density at radius 2 is 2.14 bits per heavy atom. The summed E-state index contributed by atoms with van der Waals surface area (Å²) in [5, 5.41) is 4.05. The van der Waals surface area contributed by atoms with Crippen molar-refractivity contribution in [3.8, 4) is 5.75 Å². The second kappa shape index (κ2) is 8.66. The Kier molecular flexibility index (Phi) is 6.87.